The van der Waals surface area contributed by atoms with Crippen LogP contribution in [0.25, 0.3) is 5.69 Å². The summed E-state index contributed by atoms with van der Waals surface area (Å²) in [5.74, 6) is 0.112. The predicted molar refractivity (Wildman–Crippen MR) is 102 cm³/mol. The maximum Gasteiger partial charge on any atom is 0.220 e. The first-order valence-electron chi connectivity index (χ1n) is 9.31. The zero-order chi connectivity index (χ0) is 18.4. The molecule has 2 heterocycles. The molecule has 1 N–H and O–H groups in total. The summed E-state index contributed by atoms with van der Waals surface area (Å²) >= 11 is 0. The molecule has 0 bridgehead atoms. The number of aromatic nitrogens is 2. The molecule has 1 aromatic heterocycles. The normalized spacial score (nSPS) is 15.2. The molecule has 0 radical (unpaired) electrons. The van der Waals surface area contributed by atoms with E-state index in [1.165, 1.54) is 5.56 Å². The van der Waals surface area contributed by atoms with Crippen molar-refractivity contribution in [2.45, 2.75) is 26.7 Å². The molecule has 1 aliphatic rings. The fourth-order valence-electron chi connectivity index (χ4n) is 3.22. The van der Waals surface area contributed by atoms with Crippen LogP contribution in [0.2, 0.25) is 0 Å². The second kappa shape index (κ2) is 8.96. The van der Waals surface area contributed by atoms with Crippen molar-refractivity contribution in [1.29, 1.82) is 0 Å². The monoisotopic (exact) mass is 356 g/mol. The molecule has 1 fully saturated rings. The minimum Gasteiger partial charge on any atom is -0.379 e. The third-order valence-corrected chi connectivity index (χ3v) is 4.69. The van der Waals surface area contributed by atoms with E-state index in [1.807, 2.05) is 11.6 Å². The summed E-state index contributed by atoms with van der Waals surface area (Å²) in [4.78, 5) is 14.3. The minimum atomic E-state index is 0.112. The number of rotatable bonds is 7. The number of carbonyl (C=O) groups excluding carboxylic acids is 1. The summed E-state index contributed by atoms with van der Waals surface area (Å²) in [6.45, 7) is 9.14. The Labute approximate surface area is 155 Å². The number of nitrogens with zero attached hydrogens (tertiary/aromatic N) is 3. The molecule has 1 amide bonds. The van der Waals surface area contributed by atoms with Crippen molar-refractivity contribution in [2.75, 3.05) is 39.4 Å². The molecule has 1 aromatic carbocycles. The van der Waals surface area contributed by atoms with E-state index in [1.54, 1.807) is 0 Å². The van der Waals surface area contributed by atoms with Crippen LogP contribution >= 0.6 is 0 Å². The van der Waals surface area contributed by atoms with Crippen LogP contribution in [-0.4, -0.2) is 60.0 Å². The summed E-state index contributed by atoms with van der Waals surface area (Å²) in [5.41, 5.74) is 4.35. The van der Waals surface area contributed by atoms with E-state index in [0.29, 0.717) is 13.0 Å². The molecule has 6 heteroatoms. The van der Waals surface area contributed by atoms with Crippen LogP contribution in [0.15, 0.2) is 30.3 Å². The van der Waals surface area contributed by atoms with Crippen LogP contribution in [0.3, 0.4) is 0 Å². The molecule has 3 rings (SSSR count). The lowest BCUT2D eigenvalue weighted by Gasteiger charge is -2.26. The highest BCUT2D eigenvalue weighted by molar-refractivity contribution is 5.76. The van der Waals surface area contributed by atoms with Gasteiger partial charge < -0.3 is 10.1 Å². The summed E-state index contributed by atoms with van der Waals surface area (Å²) in [7, 11) is 0. The summed E-state index contributed by atoms with van der Waals surface area (Å²) < 4.78 is 7.27. The molecule has 26 heavy (non-hydrogen) atoms. The Balaban J connectivity index is 1.41. The van der Waals surface area contributed by atoms with Gasteiger partial charge in [-0.2, -0.15) is 5.10 Å². The smallest absolute Gasteiger partial charge is 0.220 e. The van der Waals surface area contributed by atoms with Gasteiger partial charge in [-0.1, -0.05) is 12.1 Å². The first kappa shape index (κ1) is 18.6. The summed E-state index contributed by atoms with van der Waals surface area (Å²) in [6, 6.07) is 10.3. The SMILES string of the molecule is Cc1cc(C)n(-c2ccc(CCC(=O)NCCN3CCOCC3)cc2)n1. The van der Waals surface area contributed by atoms with Gasteiger partial charge in [-0.15, -0.1) is 0 Å². The van der Waals surface area contributed by atoms with Crippen LogP contribution in [-0.2, 0) is 16.0 Å². The van der Waals surface area contributed by atoms with Gasteiger partial charge in [0.05, 0.1) is 24.6 Å². The molecule has 0 unspecified atom stereocenters. The third kappa shape index (κ3) is 5.16. The first-order valence-corrected chi connectivity index (χ1v) is 9.31. The maximum atomic E-state index is 12.0. The number of carbonyl (C=O) groups is 1. The second-order valence-corrected chi connectivity index (χ2v) is 6.81. The van der Waals surface area contributed by atoms with Crippen LogP contribution in [0.4, 0.5) is 0 Å². The first-order chi connectivity index (χ1) is 12.6. The Morgan fingerprint density at radius 2 is 1.92 bits per heavy atom. The van der Waals surface area contributed by atoms with Crippen molar-refractivity contribution in [1.82, 2.24) is 20.0 Å². The van der Waals surface area contributed by atoms with Crippen LogP contribution in [0.1, 0.15) is 23.4 Å². The average Bonchev–Trinajstić information content (AvgIpc) is 2.99. The average molecular weight is 356 g/mol. The lowest BCUT2D eigenvalue weighted by atomic mass is 10.1. The highest BCUT2D eigenvalue weighted by Gasteiger charge is 2.10. The van der Waals surface area contributed by atoms with Crippen LogP contribution in [0.5, 0.6) is 0 Å². The van der Waals surface area contributed by atoms with E-state index < -0.39 is 0 Å². The molecule has 1 saturated heterocycles. The standard InChI is InChI=1S/C20H28N4O2/c1-16-15-17(2)24(22-16)19-6-3-18(4-7-19)5-8-20(25)21-9-10-23-11-13-26-14-12-23/h3-4,6-7,15H,5,8-14H2,1-2H3,(H,21,25). The van der Waals surface area contributed by atoms with Gasteiger partial charge in [0.15, 0.2) is 0 Å². The zero-order valence-corrected chi connectivity index (χ0v) is 15.7. The highest BCUT2D eigenvalue weighted by Crippen LogP contribution is 2.14. The van der Waals surface area contributed by atoms with E-state index in [2.05, 4.69) is 52.6 Å². The molecule has 0 spiro atoms. The van der Waals surface area contributed by atoms with Gasteiger partial charge in [-0.05, 0) is 44.0 Å². The number of benzene rings is 1. The Kier molecular flexibility index (Phi) is 6.41. The van der Waals surface area contributed by atoms with E-state index in [-0.39, 0.29) is 5.91 Å². The fourth-order valence-corrected chi connectivity index (χ4v) is 3.22. The Bertz CT molecular complexity index is 718. The molecular formula is C20H28N4O2. The third-order valence-electron chi connectivity index (χ3n) is 4.69. The van der Waals surface area contributed by atoms with E-state index in [9.17, 15) is 4.79 Å². The van der Waals surface area contributed by atoms with Gasteiger partial charge in [0.2, 0.25) is 5.91 Å². The lowest BCUT2D eigenvalue weighted by Crippen LogP contribution is -2.41. The number of nitrogens with one attached hydrogen (secondary N) is 1. The van der Waals surface area contributed by atoms with Crippen molar-refractivity contribution in [3.05, 3.63) is 47.3 Å². The number of amides is 1. The Morgan fingerprint density at radius 3 is 2.58 bits per heavy atom. The van der Waals surface area contributed by atoms with Crippen molar-refractivity contribution < 1.29 is 9.53 Å². The van der Waals surface area contributed by atoms with E-state index in [4.69, 9.17) is 4.74 Å². The van der Waals surface area contributed by atoms with Gasteiger partial charge in [-0.25, -0.2) is 4.68 Å². The Morgan fingerprint density at radius 1 is 1.19 bits per heavy atom. The molecule has 0 aliphatic carbocycles. The van der Waals surface area contributed by atoms with Gasteiger partial charge >= 0.3 is 0 Å². The largest absolute Gasteiger partial charge is 0.379 e. The molecule has 140 valence electrons. The summed E-state index contributed by atoms with van der Waals surface area (Å²) in [6.07, 6.45) is 1.27. The quantitative estimate of drug-likeness (QED) is 0.823. The van der Waals surface area contributed by atoms with Crippen molar-refractivity contribution >= 4 is 5.91 Å². The lowest BCUT2D eigenvalue weighted by molar-refractivity contribution is -0.121. The number of morpholine rings is 1. The van der Waals surface area contributed by atoms with Crippen molar-refractivity contribution in [3.8, 4) is 5.69 Å². The topological polar surface area (TPSA) is 59.4 Å². The molecule has 0 saturated carbocycles. The van der Waals surface area contributed by atoms with Crippen molar-refractivity contribution in [2.24, 2.45) is 0 Å². The number of ether oxygens (including phenoxy) is 1. The second-order valence-electron chi connectivity index (χ2n) is 6.81. The highest BCUT2D eigenvalue weighted by atomic mass is 16.5. The Hall–Kier alpha value is -2.18. The van der Waals surface area contributed by atoms with E-state index >= 15 is 0 Å². The number of aryl methyl sites for hydroxylation is 3. The van der Waals surface area contributed by atoms with Crippen molar-refractivity contribution in [3.63, 3.8) is 0 Å². The maximum absolute atomic E-state index is 12.0. The molecule has 1 aliphatic heterocycles. The van der Waals surface area contributed by atoms with Gasteiger partial charge in [0.25, 0.3) is 0 Å². The molecule has 6 nitrogen and oxygen atoms in total. The molecule has 0 atom stereocenters. The minimum absolute atomic E-state index is 0.112. The van der Waals surface area contributed by atoms with E-state index in [0.717, 1.165) is 56.3 Å². The van der Waals surface area contributed by atoms with Crippen LogP contribution in [0, 0.1) is 13.8 Å². The summed E-state index contributed by atoms with van der Waals surface area (Å²) in [5, 5.41) is 7.51. The van der Waals surface area contributed by atoms with Gasteiger partial charge in [0.1, 0.15) is 0 Å². The fraction of sp³-hybridized carbons (Fsp3) is 0.500. The molecule has 2 aromatic rings. The van der Waals surface area contributed by atoms with Crippen LogP contribution < -0.4 is 5.32 Å². The zero-order valence-electron chi connectivity index (χ0n) is 15.7. The predicted octanol–water partition coefficient (Wildman–Crippen LogP) is 1.87. The number of hydrogen-bond donors (Lipinski definition) is 1. The molecular weight excluding hydrogens is 328 g/mol. The number of hydrogen-bond acceptors (Lipinski definition) is 4. The van der Waals surface area contributed by atoms with Gasteiger partial charge in [0, 0.05) is 38.3 Å². The van der Waals surface area contributed by atoms with Gasteiger partial charge in [-0.3, -0.25) is 9.69 Å².